The predicted octanol–water partition coefficient (Wildman–Crippen LogP) is 0.243. The Balaban J connectivity index is 1.82. The maximum Gasteiger partial charge on any atom is 0.335 e. The van der Waals surface area contributed by atoms with Crippen LogP contribution in [0.3, 0.4) is 0 Å². The monoisotopic (exact) mass is 421 g/mol. The fraction of sp³-hybridized carbons (Fsp3) is 0.647. The van der Waals surface area contributed by atoms with Crippen LogP contribution in [0, 0.1) is 0 Å². The molecule has 0 aliphatic heterocycles. The van der Waals surface area contributed by atoms with E-state index in [1.807, 2.05) is 0 Å². The Bertz CT molecular complexity index is 533. The third-order valence-electron chi connectivity index (χ3n) is 3.12. The van der Waals surface area contributed by atoms with Gasteiger partial charge in [0, 0.05) is 23.6 Å². The molecule has 11 heteroatoms. The summed E-state index contributed by atoms with van der Waals surface area (Å²) in [6.45, 7) is 3.25. The fourth-order valence-corrected chi connectivity index (χ4v) is 2.31. The zero-order valence-electron chi connectivity index (χ0n) is 15.6. The summed E-state index contributed by atoms with van der Waals surface area (Å²) in [5.74, 6) is -0.115. The molecule has 0 saturated heterocycles. The normalized spacial score (nSPS) is 10.9. The van der Waals surface area contributed by atoms with E-state index in [1.54, 1.807) is 0 Å². The van der Waals surface area contributed by atoms with Gasteiger partial charge < -0.3 is 38.8 Å². The van der Waals surface area contributed by atoms with E-state index in [4.69, 9.17) is 23.8 Å². The molecule has 1 aromatic rings. The molecule has 0 aliphatic rings. The SMILES string of the molecule is O=CCSCCOCCOCCOCCOCCC(=O)On1c(O)ccc1O. The summed E-state index contributed by atoms with van der Waals surface area (Å²) in [6.07, 6.45) is 0.838. The third-order valence-corrected chi connectivity index (χ3v) is 3.94. The molecule has 1 heterocycles. The first-order chi connectivity index (χ1) is 13.6. The lowest BCUT2D eigenvalue weighted by Crippen LogP contribution is -2.20. The van der Waals surface area contributed by atoms with E-state index >= 15 is 0 Å². The van der Waals surface area contributed by atoms with Gasteiger partial charge in [-0.05, 0) is 0 Å². The van der Waals surface area contributed by atoms with E-state index in [0.717, 1.165) is 12.0 Å². The van der Waals surface area contributed by atoms with Gasteiger partial charge in [0.2, 0.25) is 11.8 Å². The Morgan fingerprint density at radius 2 is 1.39 bits per heavy atom. The van der Waals surface area contributed by atoms with E-state index in [1.165, 1.54) is 23.9 Å². The number of hydrogen-bond donors (Lipinski definition) is 2. The first kappa shape index (κ1) is 24.2. The molecule has 0 amide bonds. The molecule has 1 rings (SSSR count). The van der Waals surface area contributed by atoms with Crippen LogP contribution in [0.4, 0.5) is 0 Å². The lowest BCUT2D eigenvalue weighted by Gasteiger charge is -2.08. The van der Waals surface area contributed by atoms with Crippen LogP contribution < -0.4 is 4.84 Å². The minimum atomic E-state index is -0.652. The fourth-order valence-electron chi connectivity index (χ4n) is 1.81. The summed E-state index contributed by atoms with van der Waals surface area (Å²) in [5, 5.41) is 18.7. The first-order valence-electron chi connectivity index (χ1n) is 8.78. The molecule has 0 radical (unpaired) electrons. The second-order valence-electron chi connectivity index (χ2n) is 5.25. The summed E-state index contributed by atoms with van der Waals surface area (Å²) in [5.41, 5.74) is 0. The van der Waals surface area contributed by atoms with Gasteiger partial charge in [0.15, 0.2) is 0 Å². The van der Waals surface area contributed by atoms with Crippen LogP contribution in [-0.4, -0.2) is 91.6 Å². The number of hydrogen-bond acceptors (Lipinski definition) is 10. The summed E-state index contributed by atoms with van der Waals surface area (Å²) >= 11 is 1.53. The maximum atomic E-state index is 11.5. The zero-order valence-corrected chi connectivity index (χ0v) is 16.4. The molecule has 0 bridgehead atoms. The minimum Gasteiger partial charge on any atom is -0.492 e. The highest BCUT2D eigenvalue weighted by Gasteiger charge is 2.11. The molecule has 160 valence electrons. The standard InChI is InChI=1S/C17H27NO9S/c19-4-13-28-14-12-26-11-10-25-9-8-24-7-6-23-5-3-17(22)27-18-15(20)1-2-16(18)21/h1-2,4,20-21H,3,5-14H2. The molecule has 0 spiro atoms. The van der Waals surface area contributed by atoms with Crippen LogP contribution in [0.1, 0.15) is 6.42 Å². The number of thioether (sulfide) groups is 1. The molecule has 0 atom stereocenters. The number of carbonyl (C=O) groups excluding carboxylic acids is 2. The number of aromatic nitrogens is 1. The average Bonchev–Trinajstić information content (AvgIpc) is 2.99. The van der Waals surface area contributed by atoms with Crippen molar-refractivity contribution in [3.8, 4) is 11.8 Å². The molecule has 0 aromatic carbocycles. The van der Waals surface area contributed by atoms with Crippen LogP contribution in [0.15, 0.2) is 12.1 Å². The van der Waals surface area contributed by atoms with Gasteiger partial charge in [0.05, 0.1) is 59.3 Å². The van der Waals surface area contributed by atoms with Gasteiger partial charge in [-0.1, -0.05) is 0 Å². The summed E-state index contributed by atoms with van der Waals surface area (Å²) < 4.78 is 21.8. The quantitative estimate of drug-likeness (QED) is 0.251. The highest BCUT2D eigenvalue weighted by Crippen LogP contribution is 2.18. The van der Waals surface area contributed by atoms with Crippen molar-refractivity contribution in [1.29, 1.82) is 0 Å². The van der Waals surface area contributed by atoms with Gasteiger partial charge in [-0.3, -0.25) is 0 Å². The number of aromatic hydroxyl groups is 2. The molecule has 0 saturated carbocycles. The van der Waals surface area contributed by atoms with Gasteiger partial charge in [-0.15, -0.1) is 4.73 Å². The number of aldehydes is 1. The van der Waals surface area contributed by atoms with E-state index < -0.39 is 5.97 Å². The van der Waals surface area contributed by atoms with Crippen molar-refractivity contribution < 1.29 is 43.6 Å². The Morgan fingerprint density at radius 3 is 1.93 bits per heavy atom. The molecule has 28 heavy (non-hydrogen) atoms. The van der Waals surface area contributed by atoms with Crippen molar-refractivity contribution in [3.05, 3.63) is 12.1 Å². The van der Waals surface area contributed by atoms with Crippen molar-refractivity contribution in [2.24, 2.45) is 0 Å². The molecule has 10 nitrogen and oxygen atoms in total. The summed E-state index contributed by atoms with van der Waals surface area (Å²) in [6, 6.07) is 2.40. The van der Waals surface area contributed by atoms with E-state index in [9.17, 15) is 19.8 Å². The average molecular weight is 421 g/mol. The van der Waals surface area contributed by atoms with Crippen molar-refractivity contribution in [3.63, 3.8) is 0 Å². The van der Waals surface area contributed by atoms with Crippen LogP contribution in [0.25, 0.3) is 0 Å². The zero-order chi connectivity index (χ0) is 20.5. The van der Waals surface area contributed by atoms with Crippen molar-refractivity contribution in [2.45, 2.75) is 6.42 Å². The second-order valence-corrected chi connectivity index (χ2v) is 6.40. The maximum absolute atomic E-state index is 11.5. The van der Waals surface area contributed by atoms with E-state index in [2.05, 4.69) is 0 Å². The lowest BCUT2D eigenvalue weighted by molar-refractivity contribution is -0.146. The largest absolute Gasteiger partial charge is 0.492 e. The van der Waals surface area contributed by atoms with Gasteiger partial charge in [-0.2, -0.15) is 11.8 Å². The lowest BCUT2D eigenvalue weighted by atomic mass is 10.5. The number of carbonyl (C=O) groups is 2. The molecule has 0 fully saturated rings. The Labute approximate surface area is 167 Å². The van der Waals surface area contributed by atoms with Gasteiger partial charge in [0.25, 0.3) is 0 Å². The minimum absolute atomic E-state index is 0.0339. The highest BCUT2D eigenvalue weighted by molar-refractivity contribution is 7.99. The predicted molar refractivity (Wildman–Crippen MR) is 101 cm³/mol. The summed E-state index contributed by atoms with van der Waals surface area (Å²) in [4.78, 5) is 26.4. The number of nitrogens with zero attached hydrogens (tertiary/aromatic N) is 1. The summed E-state index contributed by atoms with van der Waals surface area (Å²) in [7, 11) is 0. The highest BCUT2D eigenvalue weighted by atomic mass is 32.2. The molecule has 2 N–H and O–H groups in total. The molecule has 0 unspecified atom stereocenters. The van der Waals surface area contributed by atoms with Crippen LogP contribution >= 0.6 is 11.8 Å². The van der Waals surface area contributed by atoms with Crippen molar-refractivity contribution >= 4 is 24.0 Å². The van der Waals surface area contributed by atoms with Crippen molar-refractivity contribution in [1.82, 2.24) is 4.73 Å². The number of ether oxygens (including phenoxy) is 4. The Kier molecular flexibility index (Phi) is 14.0. The van der Waals surface area contributed by atoms with Crippen LogP contribution in [0.2, 0.25) is 0 Å². The Hall–Kier alpha value is -1.79. The van der Waals surface area contributed by atoms with E-state index in [0.29, 0.717) is 56.7 Å². The Morgan fingerprint density at radius 1 is 0.893 bits per heavy atom. The van der Waals surface area contributed by atoms with Gasteiger partial charge >= 0.3 is 5.97 Å². The molecule has 0 aliphatic carbocycles. The van der Waals surface area contributed by atoms with Crippen molar-refractivity contribution in [2.75, 3.05) is 64.4 Å². The number of rotatable bonds is 18. The smallest absolute Gasteiger partial charge is 0.335 e. The second kappa shape index (κ2) is 16.2. The first-order valence-corrected chi connectivity index (χ1v) is 9.93. The topological polar surface area (TPSA) is 126 Å². The van der Waals surface area contributed by atoms with Gasteiger partial charge in [0.1, 0.15) is 6.29 Å². The molecular formula is C17H27NO9S. The molecular weight excluding hydrogens is 394 g/mol. The molecule has 1 aromatic heterocycles. The van der Waals surface area contributed by atoms with Crippen LogP contribution in [-0.2, 0) is 28.5 Å². The van der Waals surface area contributed by atoms with Crippen LogP contribution in [0.5, 0.6) is 11.8 Å². The van der Waals surface area contributed by atoms with Gasteiger partial charge in [-0.25, -0.2) is 4.79 Å². The third kappa shape index (κ3) is 11.8. The van der Waals surface area contributed by atoms with E-state index in [-0.39, 0.29) is 24.8 Å².